The maximum absolute atomic E-state index is 13.5. The number of thiocarbonyl (C=S) groups is 1. The maximum Gasteiger partial charge on any atom is 0.323 e. The SMILES string of the molecule is CCCCn1c(N2CCN(c3ccc(F)cc3)CC2)c(C=C2SC(=S)N(CC(=O)O)C2=O)c(C)c(C#N)c1=O. The van der Waals surface area contributed by atoms with Crippen molar-refractivity contribution in [1.29, 1.82) is 5.26 Å². The van der Waals surface area contributed by atoms with Crippen LogP contribution in [0.3, 0.4) is 0 Å². The lowest BCUT2D eigenvalue weighted by atomic mass is 10.0. The highest BCUT2D eigenvalue weighted by Crippen LogP contribution is 2.36. The highest BCUT2D eigenvalue weighted by Gasteiger charge is 2.35. The van der Waals surface area contributed by atoms with Crippen molar-refractivity contribution >= 4 is 57.8 Å². The van der Waals surface area contributed by atoms with Crippen LogP contribution in [0.2, 0.25) is 0 Å². The van der Waals surface area contributed by atoms with E-state index in [0.717, 1.165) is 35.2 Å². The van der Waals surface area contributed by atoms with Crippen molar-refractivity contribution in [3.63, 3.8) is 0 Å². The molecule has 0 radical (unpaired) electrons. The molecule has 0 spiro atoms. The summed E-state index contributed by atoms with van der Waals surface area (Å²) in [6.07, 6.45) is 3.18. The average molecular weight is 570 g/mol. The van der Waals surface area contributed by atoms with Crippen LogP contribution in [0.25, 0.3) is 6.08 Å². The quantitative estimate of drug-likeness (QED) is 0.377. The lowest BCUT2D eigenvalue weighted by molar-refractivity contribution is -0.140. The lowest BCUT2D eigenvalue weighted by Crippen LogP contribution is -2.48. The minimum absolute atomic E-state index is 0.00654. The minimum Gasteiger partial charge on any atom is -0.480 e. The fourth-order valence-electron chi connectivity index (χ4n) is 4.74. The third-order valence-corrected chi connectivity index (χ3v) is 8.17. The Balaban J connectivity index is 1.79. The van der Waals surface area contributed by atoms with Gasteiger partial charge in [-0.05, 0) is 49.2 Å². The number of thioether (sulfide) groups is 1. The number of aromatic nitrogens is 1. The number of anilines is 2. The second-order valence-electron chi connectivity index (χ2n) is 9.27. The summed E-state index contributed by atoms with van der Waals surface area (Å²) in [5.41, 5.74) is 1.54. The van der Waals surface area contributed by atoms with Crippen LogP contribution in [0.5, 0.6) is 0 Å². The van der Waals surface area contributed by atoms with E-state index in [-0.39, 0.29) is 26.2 Å². The Kier molecular flexibility index (Phi) is 8.72. The molecule has 9 nitrogen and oxygen atoms in total. The third kappa shape index (κ3) is 5.84. The molecule has 1 aromatic heterocycles. The van der Waals surface area contributed by atoms with Gasteiger partial charge in [0.25, 0.3) is 11.5 Å². The number of carboxylic acid groups (broad SMARTS) is 1. The van der Waals surface area contributed by atoms with E-state index >= 15 is 0 Å². The molecule has 0 saturated carbocycles. The molecule has 0 aliphatic carbocycles. The van der Waals surface area contributed by atoms with Crippen molar-refractivity contribution in [2.75, 3.05) is 42.5 Å². The van der Waals surface area contributed by atoms with E-state index in [1.54, 1.807) is 29.7 Å². The molecule has 1 N–H and O–H groups in total. The van der Waals surface area contributed by atoms with Crippen molar-refractivity contribution in [2.24, 2.45) is 0 Å². The molecular formula is C27H28FN5O4S2. The number of carboxylic acids is 1. The van der Waals surface area contributed by atoms with Crippen molar-refractivity contribution < 1.29 is 19.1 Å². The Morgan fingerprint density at radius 2 is 1.82 bits per heavy atom. The first-order valence-corrected chi connectivity index (χ1v) is 13.8. The topological polar surface area (TPSA) is 110 Å². The molecule has 1 aromatic carbocycles. The normalized spacial score (nSPS) is 16.8. The zero-order valence-electron chi connectivity index (χ0n) is 21.6. The first-order chi connectivity index (χ1) is 18.7. The van der Waals surface area contributed by atoms with Gasteiger partial charge in [-0.2, -0.15) is 5.26 Å². The van der Waals surface area contributed by atoms with Crippen molar-refractivity contribution in [3.05, 3.63) is 62.0 Å². The van der Waals surface area contributed by atoms with E-state index < -0.39 is 18.4 Å². The number of amides is 1. The Morgan fingerprint density at radius 3 is 2.41 bits per heavy atom. The van der Waals surface area contributed by atoms with E-state index in [2.05, 4.69) is 9.80 Å². The highest BCUT2D eigenvalue weighted by molar-refractivity contribution is 8.26. The average Bonchev–Trinajstić information content (AvgIpc) is 3.17. The third-order valence-electron chi connectivity index (χ3n) is 6.80. The maximum atomic E-state index is 13.5. The van der Waals surface area contributed by atoms with E-state index in [0.29, 0.717) is 49.7 Å². The number of carbonyl (C=O) groups is 2. The molecule has 1 amide bonds. The number of pyridine rings is 1. The number of piperazine rings is 1. The highest BCUT2D eigenvalue weighted by atomic mass is 32.2. The number of hydrogen-bond acceptors (Lipinski definition) is 8. The van der Waals surface area contributed by atoms with E-state index in [1.807, 2.05) is 13.0 Å². The summed E-state index contributed by atoms with van der Waals surface area (Å²) < 4.78 is 15.2. The Hall–Kier alpha value is -3.69. The van der Waals surface area contributed by atoms with Gasteiger partial charge in [0.1, 0.15) is 34.1 Å². The largest absolute Gasteiger partial charge is 0.480 e. The summed E-state index contributed by atoms with van der Waals surface area (Å²) in [7, 11) is 0. The van der Waals surface area contributed by atoms with Gasteiger partial charge in [-0.1, -0.05) is 37.3 Å². The van der Waals surface area contributed by atoms with Crippen LogP contribution in [0.1, 0.15) is 36.5 Å². The number of hydrogen-bond donors (Lipinski definition) is 1. The molecule has 2 aromatic rings. The number of benzene rings is 1. The van der Waals surface area contributed by atoms with Crippen LogP contribution < -0.4 is 15.4 Å². The zero-order chi connectivity index (χ0) is 28.3. The van der Waals surface area contributed by atoms with E-state index in [9.17, 15) is 29.1 Å². The van der Waals surface area contributed by atoms with Gasteiger partial charge < -0.3 is 14.9 Å². The molecule has 3 heterocycles. The molecular weight excluding hydrogens is 541 g/mol. The van der Waals surface area contributed by atoms with Crippen molar-refractivity contribution in [3.8, 4) is 6.07 Å². The van der Waals surface area contributed by atoms with Crippen LogP contribution in [0.15, 0.2) is 34.0 Å². The van der Waals surface area contributed by atoms with Crippen LogP contribution in [-0.4, -0.2) is 63.5 Å². The summed E-state index contributed by atoms with van der Waals surface area (Å²) in [5, 5.41) is 19.0. The fraction of sp³-hybridized carbons (Fsp3) is 0.370. The number of carbonyl (C=O) groups excluding carboxylic acids is 1. The van der Waals surface area contributed by atoms with Gasteiger partial charge in [-0.25, -0.2) is 4.39 Å². The first-order valence-electron chi connectivity index (χ1n) is 12.6. The number of rotatable bonds is 8. The Labute approximate surface area is 235 Å². The van der Waals surface area contributed by atoms with Crippen LogP contribution in [-0.2, 0) is 16.1 Å². The van der Waals surface area contributed by atoms with E-state index in [1.165, 1.54) is 12.1 Å². The molecule has 204 valence electrons. The van der Waals surface area contributed by atoms with Crippen LogP contribution in [0.4, 0.5) is 15.9 Å². The fourth-order valence-corrected chi connectivity index (χ4v) is 5.98. The van der Waals surface area contributed by atoms with Crippen LogP contribution in [0, 0.1) is 24.1 Å². The summed E-state index contributed by atoms with van der Waals surface area (Å²) >= 11 is 6.26. The smallest absolute Gasteiger partial charge is 0.323 e. The van der Waals surface area contributed by atoms with Gasteiger partial charge in [0.05, 0.1) is 4.91 Å². The van der Waals surface area contributed by atoms with Gasteiger partial charge in [0, 0.05) is 44.0 Å². The van der Waals surface area contributed by atoms with Crippen molar-refractivity contribution in [1.82, 2.24) is 9.47 Å². The summed E-state index contributed by atoms with van der Waals surface area (Å²) in [6.45, 7) is 5.90. The molecule has 2 aliphatic rings. The lowest BCUT2D eigenvalue weighted by Gasteiger charge is -2.39. The first kappa shape index (κ1) is 28.3. The van der Waals surface area contributed by atoms with Gasteiger partial charge >= 0.3 is 5.97 Å². The summed E-state index contributed by atoms with van der Waals surface area (Å²) in [6, 6.07) is 8.35. The van der Waals surface area contributed by atoms with E-state index in [4.69, 9.17) is 12.2 Å². The number of unbranched alkanes of at least 4 members (excludes halogenated alkanes) is 1. The molecule has 2 fully saturated rings. The summed E-state index contributed by atoms with van der Waals surface area (Å²) in [4.78, 5) is 43.3. The molecule has 2 aliphatic heterocycles. The molecule has 0 bridgehead atoms. The zero-order valence-corrected chi connectivity index (χ0v) is 23.3. The molecule has 12 heteroatoms. The Morgan fingerprint density at radius 1 is 1.18 bits per heavy atom. The Bertz CT molecular complexity index is 1440. The predicted molar refractivity (Wildman–Crippen MR) is 153 cm³/mol. The van der Waals surface area contributed by atoms with Gasteiger partial charge in [-0.15, -0.1) is 0 Å². The molecule has 39 heavy (non-hydrogen) atoms. The number of nitrogens with zero attached hydrogens (tertiary/aromatic N) is 5. The van der Waals surface area contributed by atoms with Gasteiger partial charge in [0.15, 0.2) is 0 Å². The number of halogens is 1. The number of aliphatic carboxylic acids is 1. The molecule has 0 unspecified atom stereocenters. The standard InChI is InChI=1S/C27H28FN5O4S2/c1-3-4-9-32-24(31-12-10-30(11-13-31)19-7-5-18(28)6-8-19)20(17(2)21(15-29)25(32)36)14-22-26(37)33(16-23(34)35)27(38)39-22/h5-8,14H,3-4,9-13,16H2,1-2H3,(H,34,35). The van der Waals surface area contributed by atoms with Crippen molar-refractivity contribution in [2.45, 2.75) is 33.2 Å². The molecule has 2 saturated heterocycles. The second-order valence-corrected chi connectivity index (χ2v) is 10.9. The minimum atomic E-state index is -1.18. The number of nitriles is 1. The summed E-state index contributed by atoms with van der Waals surface area (Å²) in [5.74, 6) is -1.39. The monoisotopic (exact) mass is 569 g/mol. The van der Waals surface area contributed by atoms with Gasteiger partial charge in [-0.3, -0.25) is 23.9 Å². The molecule has 0 atom stereocenters. The molecule has 4 rings (SSSR count). The predicted octanol–water partition coefficient (Wildman–Crippen LogP) is 3.58. The van der Waals surface area contributed by atoms with Gasteiger partial charge in [0.2, 0.25) is 0 Å². The second kappa shape index (κ2) is 12.0. The van der Waals surface area contributed by atoms with Crippen LogP contribution >= 0.6 is 24.0 Å².